The topological polar surface area (TPSA) is 79.6 Å². The van der Waals surface area contributed by atoms with Crippen molar-refractivity contribution in [2.75, 3.05) is 13.7 Å². The number of benzene rings is 1. The molecule has 0 bridgehead atoms. The number of hydrogen-bond acceptors (Lipinski definition) is 4. The second-order valence-electron chi connectivity index (χ2n) is 3.27. The summed E-state index contributed by atoms with van der Waals surface area (Å²) in [6, 6.07) is 5.52. The SMILES string of the molecule is COC(COC(=O)O)c1c(I)cc(C#N)cc1I. The summed E-state index contributed by atoms with van der Waals surface area (Å²) >= 11 is 4.18. The van der Waals surface area contributed by atoms with Crippen LogP contribution in [0.5, 0.6) is 0 Å². The van der Waals surface area contributed by atoms with E-state index in [-0.39, 0.29) is 6.61 Å². The van der Waals surface area contributed by atoms with Gasteiger partial charge in [0, 0.05) is 19.8 Å². The lowest BCUT2D eigenvalue weighted by Crippen LogP contribution is -2.15. The van der Waals surface area contributed by atoms with Crippen molar-refractivity contribution in [3.63, 3.8) is 0 Å². The average molecular weight is 473 g/mol. The number of hydrogen-bond donors (Lipinski definition) is 1. The number of carbonyl (C=O) groups is 1. The Morgan fingerprint density at radius 1 is 1.50 bits per heavy atom. The first-order valence-corrected chi connectivity index (χ1v) is 6.93. The molecule has 0 spiro atoms. The van der Waals surface area contributed by atoms with Crippen LogP contribution < -0.4 is 0 Å². The molecule has 1 rings (SSSR count). The van der Waals surface area contributed by atoms with Gasteiger partial charge >= 0.3 is 6.16 Å². The summed E-state index contributed by atoms with van der Waals surface area (Å²) in [5, 5.41) is 17.4. The third-order valence-corrected chi connectivity index (χ3v) is 3.96. The van der Waals surface area contributed by atoms with Crippen molar-refractivity contribution in [2.45, 2.75) is 6.10 Å². The zero-order chi connectivity index (χ0) is 13.7. The van der Waals surface area contributed by atoms with Crippen molar-refractivity contribution in [1.29, 1.82) is 5.26 Å². The Morgan fingerprint density at radius 3 is 2.44 bits per heavy atom. The zero-order valence-electron chi connectivity index (χ0n) is 9.31. The molecule has 5 nitrogen and oxygen atoms in total. The van der Waals surface area contributed by atoms with Crippen LogP contribution in [0.3, 0.4) is 0 Å². The summed E-state index contributed by atoms with van der Waals surface area (Å²) in [7, 11) is 1.49. The standard InChI is InChI=1S/C11H9I2NO4/c1-17-9(5-18-11(15)16)10-7(12)2-6(4-14)3-8(10)13/h2-3,9H,5H2,1H3,(H,15,16). The molecule has 1 aromatic rings. The fourth-order valence-corrected chi connectivity index (χ4v) is 3.84. The summed E-state index contributed by atoms with van der Waals surface area (Å²) in [6.45, 7) is -0.0796. The maximum Gasteiger partial charge on any atom is 0.505 e. The summed E-state index contributed by atoms with van der Waals surface area (Å²) in [4.78, 5) is 10.4. The van der Waals surface area contributed by atoms with Crippen molar-refractivity contribution in [1.82, 2.24) is 0 Å². The monoisotopic (exact) mass is 473 g/mol. The van der Waals surface area contributed by atoms with E-state index in [9.17, 15) is 4.79 Å². The Kier molecular flexibility index (Phi) is 6.10. The number of rotatable bonds is 4. The van der Waals surface area contributed by atoms with E-state index in [0.717, 1.165) is 12.7 Å². The Balaban J connectivity index is 3.06. The molecule has 0 radical (unpaired) electrons. The van der Waals surface area contributed by atoms with Crippen LogP contribution in [-0.2, 0) is 9.47 Å². The van der Waals surface area contributed by atoms with Crippen molar-refractivity contribution in [3.05, 3.63) is 30.4 Å². The highest BCUT2D eigenvalue weighted by Crippen LogP contribution is 2.29. The molecule has 1 atom stereocenters. The maximum absolute atomic E-state index is 10.4. The van der Waals surface area contributed by atoms with E-state index < -0.39 is 12.3 Å². The van der Waals surface area contributed by atoms with Gasteiger partial charge in [-0.3, -0.25) is 0 Å². The van der Waals surface area contributed by atoms with Gasteiger partial charge < -0.3 is 14.6 Å². The molecule has 1 N–H and O–H groups in total. The third kappa shape index (κ3) is 3.96. The Hall–Kier alpha value is -0.600. The van der Waals surface area contributed by atoms with Crippen LogP contribution in [0.1, 0.15) is 17.2 Å². The molecule has 0 aliphatic carbocycles. The van der Waals surface area contributed by atoms with Crippen LogP contribution in [0.15, 0.2) is 12.1 Å². The lowest BCUT2D eigenvalue weighted by Gasteiger charge is -2.18. The van der Waals surface area contributed by atoms with E-state index in [1.54, 1.807) is 12.1 Å². The molecule has 0 fully saturated rings. The van der Waals surface area contributed by atoms with Gasteiger partial charge in [0.2, 0.25) is 0 Å². The number of ether oxygens (including phenoxy) is 2. The third-order valence-electron chi connectivity index (χ3n) is 2.17. The number of nitriles is 1. The van der Waals surface area contributed by atoms with Crippen molar-refractivity contribution in [3.8, 4) is 6.07 Å². The molecule has 18 heavy (non-hydrogen) atoms. The molecule has 1 unspecified atom stereocenters. The molecule has 0 amide bonds. The molecule has 7 heteroatoms. The molecule has 96 valence electrons. The first kappa shape index (κ1) is 15.5. The van der Waals surface area contributed by atoms with E-state index in [0.29, 0.717) is 5.56 Å². The van der Waals surface area contributed by atoms with Gasteiger partial charge in [0.15, 0.2) is 0 Å². The van der Waals surface area contributed by atoms with E-state index in [1.165, 1.54) is 7.11 Å². The van der Waals surface area contributed by atoms with Crippen LogP contribution in [-0.4, -0.2) is 25.0 Å². The first-order chi connectivity index (χ1) is 8.49. The van der Waals surface area contributed by atoms with E-state index in [4.69, 9.17) is 15.1 Å². The predicted octanol–water partition coefficient (Wildman–Crippen LogP) is 3.15. The van der Waals surface area contributed by atoms with Crippen molar-refractivity contribution < 1.29 is 19.4 Å². The molecule has 0 saturated carbocycles. The maximum atomic E-state index is 10.4. The molecule has 0 aliphatic heterocycles. The number of halogens is 2. The molecular formula is C11H9I2NO4. The highest BCUT2D eigenvalue weighted by Gasteiger charge is 2.20. The molecule has 0 saturated heterocycles. The quantitative estimate of drug-likeness (QED) is 0.538. The Morgan fingerprint density at radius 2 is 2.06 bits per heavy atom. The van der Waals surface area contributed by atoms with Gasteiger partial charge in [0.05, 0.1) is 11.6 Å². The van der Waals surface area contributed by atoms with E-state index >= 15 is 0 Å². The molecular weight excluding hydrogens is 464 g/mol. The lowest BCUT2D eigenvalue weighted by molar-refractivity contribution is 0.0150. The van der Waals surface area contributed by atoms with E-state index in [1.807, 2.05) is 0 Å². The molecule has 0 aromatic heterocycles. The second kappa shape index (κ2) is 7.10. The Labute approximate surface area is 131 Å². The summed E-state index contributed by atoms with van der Waals surface area (Å²) in [6.07, 6.45) is -1.82. The van der Waals surface area contributed by atoms with Gasteiger partial charge in [-0.15, -0.1) is 0 Å². The van der Waals surface area contributed by atoms with Crippen LogP contribution >= 0.6 is 45.2 Å². The van der Waals surface area contributed by atoms with Gasteiger partial charge in [-0.05, 0) is 57.3 Å². The average Bonchev–Trinajstić information content (AvgIpc) is 2.31. The lowest BCUT2D eigenvalue weighted by atomic mass is 10.1. The van der Waals surface area contributed by atoms with Gasteiger partial charge in [-0.25, -0.2) is 4.79 Å². The summed E-state index contributed by atoms with van der Waals surface area (Å²) in [5.74, 6) is 0. The highest BCUT2D eigenvalue weighted by molar-refractivity contribution is 14.1. The fraction of sp³-hybridized carbons (Fsp3) is 0.273. The van der Waals surface area contributed by atoms with Gasteiger partial charge in [-0.2, -0.15) is 5.26 Å². The minimum Gasteiger partial charge on any atom is -0.450 e. The number of methoxy groups -OCH3 is 1. The highest BCUT2D eigenvalue weighted by atomic mass is 127. The van der Waals surface area contributed by atoms with Crippen molar-refractivity contribution in [2.24, 2.45) is 0 Å². The fourth-order valence-electron chi connectivity index (χ4n) is 1.37. The minimum absolute atomic E-state index is 0.0796. The Bertz CT molecular complexity index is 475. The van der Waals surface area contributed by atoms with Gasteiger partial charge in [0.1, 0.15) is 12.7 Å². The van der Waals surface area contributed by atoms with Crippen LogP contribution in [0.2, 0.25) is 0 Å². The number of carboxylic acid groups (broad SMARTS) is 1. The van der Waals surface area contributed by atoms with Crippen LogP contribution in [0, 0.1) is 18.5 Å². The second-order valence-corrected chi connectivity index (χ2v) is 5.59. The zero-order valence-corrected chi connectivity index (χ0v) is 13.6. The van der Waals surface area contributed by atoms with Crippen LogP contribution in [0.25, 0.3) is 0 Å². The smallest absolute Gasteiger partial charge is 0.450 e. The summed E-state index contributed by atoms with van der Waals surface area (Å²) in [5.41, 5.74) is 1.39. The van der Waals surface area contributed by atoms with Crippen molar-refractivity contribution >= 4 is 51.3 Å². The molecule has 1 aromatic carbocycles. The van der Waals surface area contributed by atoms with Gasteiger partial charge in [0.25, 0.3) is 0 Å². The van der Waals surface area contributed by atoms with Crippen LogP contribution in [0.4, 0.5) is 4.79 Å². The largest absolute Gasteiger partial charge is 0.505 e. The molecule has 0 heterocycles. The normalized spacial score (nSPS) is 11.7. The van der Waals surface area contributed by atoms with E-state index in [2.05, 4.69) is 56.0 Å². The molecule has 0 aliphatic rings. The van der Waals surface area contributed by atoms with Gasteiger partial charge in [-0.1, -0.05) is 0 Å². The predicted molar refractivity (Wildman–Crippen MR) is 80.3 cm³/mol. The number of nitrogens with zero attached hydrogens (tertiary/aromatic N) is 1. The minimum atomic E-state index is -1.34. The first-order valence-electron chi connectivity index (χ1n) is 4.77. The summed E-state index contributed by atoms with van der Waals surface area (Å²) < 4.78 is 11.5.